The first-order chi connectivity index (χ1) is 37.0. The number of imide groups is 1. The molecule has 4 aromatic carbocycles. The number of rotatable bonds is 11. The molecule has 15 nitrogen and oxygen atoms in total. The van der Waals surface area contributed by atoms with Crippen molar-refractivity contribution in [1.82, 2.24) is 34.5 Å². The highest BCUT2D eigenvalue weighted by Crippen LogP contribution is 2.32. The molecule has 5 fully saturated rings. The Morgan fingerprint density at radius 3 is 2.30 bits per heavy atom. The Labute approximate surface area is 454 Å². The fourth-order valence-electron chi connectivity index (χ4n) is 12.6. The van der Waals surface area contributed by atoms with E-state index in [1.807, 2.05) is 31.2 Å². The second kappa shape index (κ2) is 24.1. The number of aromatic nitrogens is 2. The number of benzene rings is 4. The van der Waals surface area contributed by atoms with Crippen molar-refractivity contribution in [1.29, 1.82) is 0 Å². The smallest absolute Gasteiger partial charge is 0.329 e. The molecular formula is C62H81N9O6. The van der Waals surface area contributed by atoms with E-state index in [-0.39, 0.29) is 35.9 Å². The van der Waals surface area contributed by atoms with Gasteiger partial charge < -0.3 is 40.1 Å². The number of carbonyl (C=O) groups is 4. The summed E-state index contributed by atoms with van der Waals surface area (Å²) in [4.78, 5) is 70.6. The van der Waals surface area contributed by atoms with Crippen molar-refractivity contribution >= 4 is 57.2 Å². The lowest BCUT2D eigenvalue weighted by Crippen LogP contribution is -2.51. The standard InChI is InChI=1S/C43H59N5O2.C19H22N4O4/c1-7-37-27-36(26-31(3)47(37)6)45-35-16-12-30(2)41(28-35)42(49)44-32(4)38-17-15-34(39-10-8-9-11-40(38)39)14-13-33-18-22-48(23-19-33)29-43(50)20-24-46(5)25-21-43;1-21-16-10-13(22-8-6-12(11-24)7-9-22)2-3-14(16)23(19(21)27)15-4-5-17(25)20-18(15)26/h8-12,15-17,28,31-33,36-37,45,50H,7,18-27,29H2,1-6H3,(H,44,49);2-3,10-12,15H,4-9H2,1H3,(H,20,25,26). The summed E-state index contributed by atoms with van der Waals surface area (Å²) in [6.07, 6.45) is 10.4. The molecule has 5 unspecified atom stereocenters. The number of amides is 3. The van der Waals surface area contributed by atoms with Crippen LogP contribution in [0.3, 0.4) is 0 Å². The maximum atomic E-state index is 13.7. The van der Waals surface area contributed by atoms with Gasteiger partial charge in [-0.1, -0.05) is 55.2 Å². The minimum absolute atomic E-state index is 0.0518. The summed E-state index contributed by atoms with van der Waals surface area (Å²) in [5.41, 5.74) is 6.45. The Bertz CT molecular complexity index is 3070. The molecule has 6 heterocycles. The number of carbonyl (C=O) groups excluding carboxylic acids is 4. The molecule has 0 bridgehead atoms. The number of piperidine rings is 5. The van der Waals surface area contributed by atoms with Crippen LogP contribution >= 0.6 is 0 Å². The fourth-order valence-corrected chi connectivity index (χ4v) is 12.6. The zero-order valence-electron chi connectivity index (χ0n) is 46.4. The number of anilines is 2. The summed E-state index contributed by atoms with van der Waals surface area (Å²) in [6.45, 7) is 15.0. The number of β-amino-alcohol motifs (C(OH)–C–C–N with tert-alkyl or cyclic N) is 1. The molecule has 410 valence electrons. The molecule has 4 N–H and O–H groups in total. The number of likely N-dealkylation sites (tertiary alicyclic amines) is 3. The Morgan fingerprint density at radius 1 is 0.870 bits per heavy atom. The lowest BCUT2D eigenvalue weighted by Gasteiger charge is -2.42. The third-order valence-electron chi connectivity index (χ3n) is 17.7. The quantitative estimate of drug-likeness (QED) is 0.0587. The average molecular weight is 1050 g/mol. The molecule has 77 heavy (non-hydrogen) atoms. The van der Waals surface area contributed by atoms with Crippen LogP contribution in [0.4, 0.5) is 11.4 Å². The van der Waals surface area contributed by atoms with Crippen molar-refractivity contribution in [2.45, 2.75) is 134 Å². The number of hydrogen-bond donors (Lipinski definition) is 4. The minimum Gasteiger partial charge on any atom is -0.388 e. The van der Waals surface area contributed by atoms with Gasteiger partial charge in [0.15, 0.2) is 0 Å². The first kappa shape index (κ1) is 55.4. The van der Waals surface area contributed by atoms with E-state index in [9.17, 15) is 29.1 Å². The van der Waals surface area contributed by atoms with E-state index in [1.165, 1.54) is 4.57 Å². The third kappa shape index (κ3) is 12.7. The van der Waals surface area contributed by atoms with Crippen LogP contribution in [0.15, 0.2) is 77.6 Å². The molecule has 10 rings (SSSR count). The van der Waals surface area contributed by atoms with Gasteiger partial charge in [0.2, 0.25) is 11.8 Å². The molecule has 0 spiro atoms. The molecule has 0 saturated carbocycles. The molecule has 0 aliphatic carbocycles. The highest BCUT2D eigenvalue weighted by atomic mass is 16.3. The molecule has 5 saturated heterocycles. The van der Waals surface area contributed by atoms with Gasteiger partial charge in [-0.05, 0) is 170 Å². The number of aryl methyl sites for hydroxylation is 2. The molecule has 5 aliphatic rings. The monoisotopic (exact) mass is 1050 g/mol. The summed E-state index contributed by atoms with van der Waals surface area (Å²) < 4.78 is 3.03. The normalized spacial score (nSPS) is 23.4. The number of aldehydes is 1. The Kier molecular flexibility index (Phi) is 17.4. The Balaban J connectivity index is 0.000000224. The highest BCUT2D eigenvalue weighted by molar-refractivity contribution is 6.00. The minimum atomic E-state index is -0.673. The molecule has 3 amide bonds. The first-order valence-electron chi connectivity index (χ1n) is 28.3. The predicted molar refractivity (Wildman–Crippen MR) is 306 cm³/mol. The number of hydrogen-bond acceptors (Lipinski definition) is 11. The van der Waals surface area contributed by atoms with Crippen LogP contribution in [0.5, 0.6) is 0 Å². The third-order valence-corrected chi connectivity index (χ3v) is 17.7. The van der Waals surface area contributed by atoms with Crippen LogP contribution in [0.25, 0.3) is 21.8 Å². The van der Waals surface area contributed by atoms with Crippen molar-refractivity contribution < 1.29 is 24.3 Å². The van der Waals surface area contributed by atoms with Crippen molar-refractivity contribution in [2.75, 3.05) is 70.1 Å². The van der Waals surface area contributed by atoms with Crippen molar-refractivity contribution in [3.05, 3.63) is 106 Å². The van der Waals surface area contributed by atoms with Gasteiger partial charge in [0.1, 0.15) is 12.3 Å². The Morgan fingerprint density at radius 2 is 1.60 bits per heavy atom. The van der Waals surface area contributed by atoms with Crippen LogP contribution < -0.4 is 26.5 Å². The Hall–Kier alpha value is -6.31. The molecule has 1 aromatic heterocycles. The maximum absolute atomic E-state index is 13.7. The molecule has 5 atom stereocenters. The average Bonchev–Trinajstić information content (AvgIpc) is 3.69. The fraction of sp³-hybridized carbons (Fsp3) is 0.532. The molecule has 5 aliphatic heterocycles. The summed E-state index contributed by atoms with van der Waals surface area (Å²) >= 11 is 0. The lowest BCUT2D eigenvalue weighted by atomic mass is 9.89. The van der Waals surface area contributed by atoms with Crippen molar-refractivity contribution in [3.63, 3.8) is 0 Å². The number of fused-ring (bicyclic) bond motifs is 2. The second-order valence-electron chi connectivity index (χ2n) is 23.0. The van der Waals surface area contributed by atoms with Gasteiger partial charge >= 0.3 is 5.69 Å². The van der Waals surface area contributed by atoms with E-state index >= 15 is 0 Å². The molecule has 5 aromatic rings. The number of imidazole rings is 1. The van der Waals surface area contributed by atoms with Crippen LogP contribution in [0.1, 0.15) is 131 Å². The van der Waals surface area contributed by atoms with Gasteiger partial charge in [-0.25, -0.2) is 4.79 Å². The van der Waals surface area contributed by atoms with Gasteiger partial charge in [0.25, 0.3) is 5.91 Å². The van der Waals surface area contributed by atoms with Crippen molar-refractivity contribution in [2.24, 2.45) is 18.9 Å². The SMILES string of the molecule is CCC1CC(Nc2ccc(C)c(C(=O)NC(C)c3ccc(C#CC4CCN(CC5(O)CCN(C)CC5)CC4)c4ccccc34)c2)CC(C)N1C.Cn1c(=O)n(C2CCC(=O)NC2=O)c2ccc(N3CCC(C=O)CC3)cc21. The van der Waals surface area contributed by atoms with Gasteiger partial charge in [0.05, 0.1) is 22.7 Å². The van der Waals surface area contributed by atoms with Crippen LogP contribution in [0.2, 0.25) is 0 Å². The van der Waals surface area contributed by atoms with E-state index in [1.54, 1.807) is 11.6 Å². The van der Waals surface area contributed by atoms with Crippen molar-refractivity contribution in [3.8, 4) is 11.8 Å². The van der Waals surface area contributed by atoms with E-state index in [4.69, 9.17) is 0 Å². The van der Waals surface area contributed by atoms with Gasteiger partial charge in [-0.15, -0.1) is 0 Å². The van der Waals surface area contributed by atoms with Crippen LogP contribution in [0, 0.1) is 30.6 Å². The zero-order valence-corrected chi connectivity index (χ0v) is 46.4. The first-order valence-corrected chi connectivity index (χ1v) is 28.3. The zero-order chi connectivity index (χ0) is 54.5. The maximum Gasteiger partial charge on any atom is 0.329 e. The summed E-state index contributed by atoms with van der Waals surface area (Å²) in [7, 11) is 6.07. The van der Waals surface area contributed by atoms with E-state index in [2.05, 4.69) is 131 Å². The van der Waals surface area contributed by atoms with Gasteiger partial charge in [-0.3, -0.25) is 28.8 Å². The van der Waals surface area contributed by atoms with Gasteiger partial charge in [-0.2, -0.15) is 0 Å². The summed E-state index contributed by atoms with van der Waals surface area (Å²) in [6, 6.07) is 25.3. The number of nitrogens with zero attached hydrogens (tertiary/aromatic N) is 6. The predicted octanol–water partition coefficient (Wildman–Crippen LogP) is 7.57. The molecule has 0 radical (unpaired) electrons. The summed E-state index contributed by atoms with van der Waals surface area (Å²) in [5.74, 6) is 6.84. The van der Waals surface area contributed by atoms with E-state index in [0.29, 0.717) is 41.5 Å². The second-order valence-corrected chi connectivity index (χ2v) is 23.0. The van der Waals surface area contributed by atoms with Crippen LogP contribution in [-0.4, -0.2) is 137 Å². The van der Waals surface area contributed by atoms with E-state index < -0.39 is 17.6 Å². The lowest BCUT2D eigenvalue weighted by molar-refractivity contribution is -0.135. The number of nitrogens with one attached hydrogen (secondary N) is 3. The molecular weight excluding hydrogens is 967 g/mol. The largest absolute Gasteiger partial charge is 0.388 e. The van der Waals surface area contributed by atoms with Gasteiger partial charge in [0, 0.05) is 98.7 Å². The number of aliphatic hydroxyl groups is 1. The topological polar surface area (TPSA) is 164 Å². The van der Waals surface area contributed by atoms with Crippen LogP contribution in [-0.2, 0) is 21.4 Å². The molecule has 15 heteroatoms. The highest BCUT2D eigenvalue weighted by Gasteiger charge is 2.35. The van der Waals surface area contributed by atoms with E-state index in [0.717, 1.165) is 154 Å². The summed E-state index contributed by atoms with van der Waals surface area (Å²) in [5, 5.41) is 22.8.